The minimum atomic E-state index is -1.85. The topological polar surface area (TPSA) is 270 Å². The highest BCUT2D eigenvalue weighted by molar-refractivity contribution is 6.18. The van der Waals surface area contributed by atoms with Crippen LogP contribution < -0.4 is 4.74 Å². The molecule has 3 unspecified atom stereocenters. The van der Waals surface area contributed by atoms with Crippen LogP contribution in [-0.2, 0) is 92.1 Å². The lowest BCUT2D eigenvalue weighted by Gasteiger charge is -2.42. The maximum Gasteiger partial charge on any atom is 0.411 e. The molecule has 364 valence electrons. The molecule has 0 spiro atoms. The molecule has 25 heteroatoms. The van der Waals surface area contributed by atoms with Crippen molar-refractivity contribution >= 4 is 47.3 Å². The number of carbonyl (C=O) groups excluding carboxylic acids is 5. The van der Waals surface area contributed by atoms with Gasteiger partial charge in [0, 0.05) is 40.5 Å². The molecule has 1 amide bonds. The van der Waals surface area contributed by atoms with Crippen LogP contribution in [0.1, 0.15) is 26.3 Å². The Balaban J connectivity index is 1.76. The van der Waals surface area contributed by atoms with Crippen molar-refractivity contribution in [3.63, 3.8) is 0 Å². The summed E-state index contributed by atoms with van der Waals surface area (Å²) in [5.41, 5.74) is -0.496. The summed E-state index contributed by atoms with van der Waals surface area (Å²) in [6.07, 6.45) is -9.54. The number of methoxy groups -OCH3 is 2. The molecule has 0 N–H and O–H groups in total. The van der Waals surface area contributed by atoms with Crippen LogP contribution in [0.15, 0.2) is 18.2 Å². The Morgan fingerprint density at radius 1 is 0.672 bits per heavy atom. The van der Waals surface area contributed by atoms with Crippen LogP contribution in [0.5, 0.6) is 5.75 Å². The van der Waals surface area contributed by atoms with Gasteiger partial charge in [0.1, 0.15) is 6.61 Å². The zero-order valence-electron chi connectivity index (χ0n) is 36.6. The third-order valence-corrected chi connectivity index (χ3v) is 8.52. The minimum Gasteiger partial charge on any atom is -0.467 e. The smallest absolute Gasteiger partial charge is 0.411 e. The molecule has 5 atom stereocenters. The molecule has 1 heterocycles. The summed E-state index contributed by atoms with van der Waals surface area (Å²) < 4.78 is 80.2. The van der Waals surface area contributed by atoms with Gasteiger partial charge in [-0.1, -0.05) is 6.07 Å². The maximum atomic E-state index is 12.8. The van der Waals surface area contributed by atoms with E-state index >= 15 is 0 Å². The zero-order chi connectivity index (χ0) is 47.1. The van der Waals surface area contributed by atoms with E-state index in [0.29, 0.717) is 79.3 Å². The van der Waals surface area contributed by atoms with Crippen molar-refractivity contribution in [1.29, 1.82) is 0 Å². The molecule has 1 aliphatic rings. The number of esters is 4. The molecule has 1 fully saturated rings. The first-order valence-electron chi connectivity index (χ1n) is 20.0. The van der Waals surface area contributed by atoms with E-state index in [9.17, 15) is 34.1 Å². The van der Waals surface area contributed by atoms with E-state index < -0.39 is 83.6 Å². The minimum absolute atomic E-state index is 0.0619. The summed E-state index contributed by atoms with van der Waals surface area (Å²) in [5, 5.41) is 12.2. The molecule has 0 aliphatic carbocycles. The Morgan fingerprint density at radius 2 is 1.12 bits per heavy atom. The summed E-state index contributed by atoms with van der Waals surface area (Å²) in [6, 6.07) is 3.27. The zero-order valence-corrected chi connectivity index (χ0v) is 37.4. The van der Waals surface area contributed by atoms with Crippen molar-refractivity contribution in [3.05, 3.63) is 33.9 Å². The average molecular weight is 943 g/mol. The molecule has 1 aromatic rings. The predicted molar refractivity (Wildman–Crippen MR) is 216 cm³/mol. The van der Waals surface area contributed by atoms with E-state index in [4.69, 9.17) is 82.7 Å². The third-order valence-electron chi connectivity index (χ3n) is 8.23. The average Bonchev–Trinajstić information content (AvgIpc) is 3.25. The van der Waals surface area contributed by atoms with Crippen LogP contribution in [0.2, 0.25) is 0 Å². The van der Waals surface area contributed by atoms with Gasteiger partial charge in [0.15, 0.2) is 24.1 Å². The number of hydrogen-bond donors (Lipinski definition) is 0. The van der Waals surface area contributed by atoms with Crippen LogP contribution in [-0.4, -0.2) is 196 Å². The van der Waals surface area contributed by atoms with Crippen LogP contribution in [0.3, 0.4) is 0 Å². The molecule has 1 aromatic carbocycles. The number of nitrogens with zero attached hydrogens (tertiary/aromatic N) is 2. The molecule has 1 aliphatic heterocycles. The Bertz CT molecular complexity index is 1560. The number of halogens is 1. The molecular formula is C39H59ClN2O22. The van der Waals surface area contributed by atoms with Crippen molar-refractivity contribution in [2.24, 2.45) is 0 Å². The highest BCUT2D eigenvalue weighted by Crippen LogP contribution is 2.35. The van der Waals surface area contributed by atoms with Crippen LogP contribution in [0.4, 0.5) is 10.5 Å². The molecule has 0 bridgehead atoms. The number of nitro groups is 1. The summed E-state index contributed by atoms with van der Waals surface area (Å²) in [6.45, 7) is 8.65. The lowest BCUT2D eigenvalue weighted by molar-refractivity contribution is -0.387. The maximum absolute atomic E-state index is 12.8. The number of rotatable bonds is 34. The van der Waals surface area contributed by atoms with E-state index in [2.05, 4.69) is 0 Å². The number of hydrogen-bond acceptors (Lipinski definition) is 22. The van der Waals surface area contributed by atoms with Gasteiger partial charge >= 0.3 is 35.7 Å². The van der Waals surface area contributed by atoms with E-state index in [1.54, 1.807) is 7.11 Å². The SMILES string of the molecule is COCCOCCOCCOCCOCCOCCOCCOCCN(CCl)C(=O)OCc1ccc(O[C@@H]2OC(C(=O)OC)C(OC(C)=O)[C@H](OC(C)=O)C2OC(C)=O)c([N+](=O)[O-])c1. The van der Waals surface area contributed by atoms with E-state index in [1.165, 1.54) is 6.07 Å². The van der Waals surface area contributed by atoms with Gasteiger partial charge in [-0.05, 0) is 11.6 Å². The quantitative estimate of drug-likeness (QED) is 0.0180. The van der Waals surface area contributed by atoms with E-state index in [-0.39, 0.29) is 37.9 Å². The van der Waals surface area contributed by atoms with Crippen molar-refractivity contribution in [2.75, 3.05) is 126 Å². The Kier molecular flexibility index (Phi) is 28.7. The molecule has 64 heavy (non-hydrogen) atoms. The Hall–Kier alpha value is -4.50. The van der Waals surface area contributed by atoms with Crippen LogP contribution in [0.25, 0.3) is 0 Å². The van der Waals surface area contributed by atoms with Crippen molar-refractivity contribution in [2.45, 2.75) is 58.1 Å². The molecule has 0 saturated carbocycles. The fourth-order valence-corrected chi connectivity index (χ4v) is 5.59. The standard InChI is InChI=1S/C39H59ClN2O22/c1-27(43)60-33-34(61-28(2)44)36(62-29(3)45)38(64-35(33)37(46)51-5)63-32-7-6-30(24-31(32)42(48)49)25-59-39(47)41(26-40)8-9-52-12-13-54-16-17-56-20-21-58-23-22-57-19-18-55-15-14-53-11-10-50-4/h6-7,24,33-36,38H,8-23,25-26H2,1-5H3/t33?,34-,35?,36?,38+/m0/s1. The van der Waals surface area contributed by atoms with Crippen molar-refractivity contribution in [1.82, 2.24) is 4.90 Å². The second-order valence-corrected chi connectivity index (χ2v) is 13.3. The molecule has 24 nitrogen and oxygen atoms in total. The molecule has 2 rings (SSSR count). The monoisotopic (exact) mass is 942 g/mol. The predicted octanol–water partition coefficient (Wildman–Crippen LogP) is 1.56. The van der Waals surface area contributed by atoms with Gasteiger partial charge in [-0.2, -0.15) is 0 Å². The molecular weight excluding hydrogens is 884 g/mol. The Morgan fingerprint density at radius 3 is 1.56 bits per heavy atom. The first-order valence-corrected chi connectivity index (χ1v) is 20.6. The highest BCUT2D eigenvalue weighted by Gasteiger charge is 2.56. The molecule has 0 radical (unpaired) electrons. The summed E-state index contributed by atoms with van der Waals surface area (Å²) in [7, 11) is 2.62. The summed E-state index contributed by atoms with van der Waals surface area (Å²) in [4.78, 5) is 74.1. The van der Waals surface area contributed by atoms with Gasteiger partial charge in [-0.25, -0.2) is 9.59 Å². The lowest BCUT2D eigenvalue weighted by Crippen LogP contribution is -2.64. The third kappa shape index (κ3) is 22.4. The molecule has 1 saturated heterocycles. The van der Waals surface area contributed by atoms with Crippen molar-refractivity contribution in [3.8, 4) is 5.75 Å². The van der Waals surface area contributed by atoms with E-state index in [0.717, 1.165) is 44.9 Å². The number of alkyl halides is 1. The van der Waals surface area contributed by atoms with Gasteiger partial charge in [-0.3, -0.25) is 29.4 Å². The first-order chi connectivity index (χ1) is 30.8. The van der Waals surface area contributed by atoms with Gasteiger partial charge in [0.25, 0.3) is 0 Å². The van der Waals surface area contributed by atoms with Gasteiger partial charge < -0.3 is 71.1 Å². The second-order valence-electron chi connectivity index (χ2n) is 13.1. The number of benzene rings is 1. The molecule has 0 aromatic heterocycles. The number of amides is 1. The van der Waals surface area contributed by atoms with Gasteiger partial charge in [0.05, 0.1) is 117 Å². The summed E-state index contributed by atoms with van der Waals surface area (Å²) in [5.74, 6) is -4.32. The van der Waals surface area contributed by atoms with Crippen LogP contribution in [0, 0.1) is 10.1 Å². The lowest BCUT2D eigenvalue weighted by atomic mass is 9.97. The largest absolute Gasteiger partial charge is 0.467 e. The highest BCUT2D eigenvalue weighted by atomic mass is 35.5. The van der Waals surface area contributed by atoms with Gasteiger partial charge in [0.2, 0.25) is 12.4 Å². The van der Waals surface area contributed by atoms with Gasteiger partial charge in [-0.15, -0.1) is 11.6 Å². The normalized spacial score (nSPS) is 18.1. The first kappa shape index (κ1) is 55.6. The second kappa shape index (κ2) is 33.0. The Labute approximate surface area is 375 Å². The van der Waals surface area contributed by atoms with Crippen molar-refractivity contribution < 1.29 is 99.9 Å². The summed E-state index contributed by atoms with van der Waals surface area (Å²) >= 11 is 5.95. The van der Waals surface area contributed by atoms with Crippen LogP contribution >= 0.6 is 11.6 Å². The number of carbonyl (C=O) groups is 5. The fraction of sp³-hybridized carbons (Fsp3) is 0.718. The number of ether oxygens (including phenoxy) is 15. The van der Waals surface area contributed by atoms with E-state index in [1.807, 2.05) is 0 Å². The fourth-order valence-electron chi connectivity index (χ4n) is 5.37. The number of nitro benzene ring substituents is 1.